The van der Waals surface area contributed by atoms with E-state index in [1.54, 1.807) is 17.3 Å². The number of pyridine rings is 1. The van der Waals surface area contributed by atoms with Gasteiger partial charge in [0, 0.05) is 31.4 Å². The molecule has 0 bridgehead atoms. The van der Waals surface area contributed by atoms with Gasteiger partial charge in [0.1, 0.15) is 0 Å². The van der Waals surface area contributed by atoms with Gasteiger partial charge in [-0.2, -0.15) is 0 Å². The number of carboxylic acids is 1. The molecule has 1 aromatic rings. The van der Waals surface area contributed by atoms with E-state index in [1.165, 1.54) is 0 Å². The van der Waals surface area contributed by atoms with Crippen molar-refractivity contribution in [2.45, 2.75) is 39.3 Å². The number of carbonyl (C=O) groups excluding carboxylic acids is 1. The number of carboxylic acid groups (broad SMARTS) is 1. The fraction of sp³-hybridized carbons (Fsp3) is 0.462. The molecule has 0 atom stereocenters. The molecule has 0 aliphatic heterocycles. The Hall–Kier alpha value is -1.91. The van der Waals surface area contributed by atoms with Gasteiger partial charge in [-0.15, -0.1) is 0 Å². The summed E-state index contributed by atoms with van der Waals surface area (Å²) in [5.41, 5.74) is 0.940. The van der Waals surface area contributed by atoms with Crippen LogP contribution in [-0.2, 0) is 16.1 Å². The lowest BCUT2D eigenvalue weighted by molar-refractivity contribution is -0.141. The third-order valence-electron chi connectivity index (χ3n) is 2.57. The molecule has 98 valence electrons. The van der Waals surface area contributed by atoms with E-state index >= 15 is 0 Å². The van der Waals surface area contributed by atoms with Crippen LogP contribution in [0.2, 0.25) is 0 Å². The Morgan fingerprint density at radius 2 is 2.11 bits per heavy atom. The monoisotopic (exact) mass is 250 g/mol. The van der Waals surface area contributed by atoms with Gasteiger partial charge in [-0.3, -0.25) is 14.6 Å². The molecule has 0 aliphatic carbocycles. The van der Waals surface area contributed by atoms with Gasteiger partial charge in [-0.25, -0.2) is 0 Å². The molecular weight excluding hydrogens is 232 g/mol. The van der Waals surface area contributed by atoms with Crippen LogP contribution in [0.15, 0.2) is 24.5 Å². The average Bonchev–Trinajstić information content (AvgIpc) is 2.34. The second kappa shape index (κ2) is 6.74. The topological polar surface area (TPSA) is 70.5 Å². The minimum absolute atomic E-state index is 0.0338. The predicted octanol–water partition coefficient (Wildman–Crippen LogP) is 1.68. The molecule has 0 aromatic carbocycles. The average molecular weight is 250 g/mol. The number of nitrogens with zero attached hydrogens (tertiary/aromatic N) is 2. The summed E-state index contributed by atoms with van der Waals surface area (Å²) >= 11 is 0. The molecule has 18 heavy (non-hydrogen) atoms. The predicted molar refractivity (Wildman–Crippen MR) is 66.8 cm³/mol. The molecule has 5 heteroatoms. The molecule has 0 saturated carbocycles. The molecule has 1 heterocycles. The quantitative estimate of drug-likeness (QED) is 0.834. The zero-order valence-electron chi connectivity index (χ0n) is 10.7. The van der Waals surface area contributed by atoms with Crippen LogP contribution in [0.3, 0.4) is 0 Å². The Bertz CT molecular complexity index is 404. The molecule has 1 rings (SSSR count). The standard InChI is InChI=1S/C13H18N2O3/c1-10(2)15(12(16)5-6-13(17)18)9-11-4-3-7-14-8-11/h3-4,7-8,10H,5-6,9H2,1-2H3,(H,17,18). The zero-order valence-corrected chi connectivity index (χ0v) is 10.7. The van der Waals surface area contributed by atoms with Crippen LogP contribution in [-0.4, -0.2) is 32.9 Å². The van der Waals surface area contributed by atoms with Gasteiger partial charge in [0.15, 0.2) is 0 Å². The van der Waals surface area contributed by atoms with Gasteiger partial charge in [0.2, 0.25) is 5.91 Å². The third-order valence-corrected chi connectivity index (χ3v) is 2.57. The maximum Gasteiger partial charge on any atom is 0.303 e. The van der Waals surface area contributed by atoms with Crippen LogP contribution in [0, 0.1) is 0 Å². The van der Waals surface area contributed by atoms with E-state index in [2.05, 4.69) is 4.98 Å². The van der Waals surface area contributed by atoms with Crippen molar-refractivity contribution in [3.05, 3.63) is 30.1 Å². The van der Waals surface area contributed by atoms with E-state index in [4.69, 9.17) is 5.11 Å². The number of aliphatic carboxylic acids is 1. The van der Waals surface area contributed by atoms with Crippen molar-refractivity contribution in [3.63, 3.8) is 0 Å². The van der Waals surface area contributed by atoms with E-state index in [1.807, 2.05) is 26.0 Å². The summed E-state index contributed by atoms with van der Waals surface area (Å²) in [7, 11) is 0. The molecule has 0 unspecified atom stereocenters. The fourth-order valence-electron chi connectivity index (χ4n) is 1.60. The minimum atomic E-state index is -0.951. The van der Waals surface area contributed by atoms with Crippen LogP contribution in [0.1, 0.15) is 32.3 Å². The van der Waals surface area contributed by atoms with E-state index in [0.29, 0.717) is 6.54 Å². The lowest BCUT2D eigenvalue weighted by atomic mass is 10.2. The van der Waals surface area contributed by atoms with Crippen LogP contribution in [0.25, 0.3) is 0 Å². The number of hydrogen-bond acceptors (Lipinski definition) is 3. The Balaban J connectivity index is 2.65. The molecule has 1 N–H and O–H groups in total. The molecule has 0 radical (unpaired) electrons. The Kier molecular flexibility index (Phi) is 5.30. The van der Waals surface area contributed by atoms with Gasteiger partial charge in [0.05, 0.1) is 6.42 Å². The lowest BCUT2D eigenvalue weighted by Gasteiger charge is -2.26. The number of aromatic nitrogens is 1. The van der Waals surface area contributed by atoms with Crippen molar-refractivity contribution in [3.8, 4) is 0 Å². The summed E-state index contributed by atoms with van der Waals surface area (Å²) < 4.78 is 0. The number of carbonyl (C=O) groups is 2. The highest BCUT2D eigenvalue weighted by Crippen LogP contribution is 2.10. The number of rotatable bonds is 6. The summed E-state index contributed by atoms with van der Waals surface area (Å²) in [6.45, 7) is 4.29. The zero-order chi connectivity index (χ0) is 13.5. The van der Waals surface area contributed by atoms with Crippen molar-refractivity contribution < 1.29 is 14.7 Å². The summed E-state index contributed by atoms with van der Waals surface area (Å²) in [5, 5.41) is 8.59. The number of amides is 1. The minimum Gasteiger partial charge on any atom is -0.481 e. The van der Waals surface area contributed by atoms with Crippen LogP contribution in [0.5, 0.6) is 0 Å². The van der Waals surface area contributed by atoms with Gasteiger partial charge >= 0.3 is 5.97 Å². The Labute approximate surface area is 106 Å². The number of hydrogen-bond donors (Lipinski definition) is 1. The molecule has 0 fully saturated rings. The van der Waals surface area contributed by atoms with E-state index < -0.39 is 5.97 Å². The molecule has 1 amide bonds. The maximum absolute atomic E-state index is 11.9. The Morgan fingerprint density at radius 3 is 2.61 bits per heavy atom. The second-order valence-electron chi connectivity index (χ2n) is 4.37. The molecule has 0 spiro atoms. The van der Waals surface area contributed by atoms with Crippen LogP contribution < -0.4 is 0 Å². The molecule has 1 aromatic heterocycles. The molecule has 0 aliphatic rings. The normalized spacial score (nSPS) is 10.4. The van der Waals surface area contributed by atoms with Gasteiger partial charge in [-0.05, 0) is 25.5 Å². The van der Waals surface area contributed by atoms with Gasteiger partial charge < -0.3 is 10.0 Å². The molecule has 5 nitrogen and oxygen atoms in total. The smallest absolute Gasteiger partial charge is 0.303 e. The third kappa shape index (κ3) is 4.53. The van der Waals surface area contributed by atoms with Crippen LogP contribution >= 0.6 is 0 Å². The SMILES string of the molecule is CC(C)N(Cc1cccnc1)C(=O)CCC(=O)O. The van der Waals surface area contributed by atoms with Crippen molar-refractivity contribution in [1.29, 1.82) is 0 Å². The summed E-state index contributed by atoms with van der Waals surface area (Å²) in [5.74, 6) is -1.09. The first-order chi connectivity index (χ1) is 8.50. The highest BCUT2D eigenvalue weighted by atomic mass is 16.4. The first kappa shape index (κ1) is 14.2. The van der Waals surface area contributed by atoms with Crippen LogP contribution in [0.4, 0.5) is 0 Å². The van der Waals surface area contributed by atoms with Crippen molar-refractivity contribution in [2.75, 3.05) is 0 Å². The van der Waals surface area contributed by atoms with Crippen molar-refractivity contribution >= 4 is 11.9 Å². The van der Waals surface area contributed by atoms with Crippen molar-refractivity contribution in [2.24, 2.45) is 0 Å². The lowest BCUT2D eigenvalue weighted by Crippen LogP contribution is -2.36. The molecule has 0 saturated heterocycles. The largest absolute Gasteiger partial charge is 0.481 e. The Morgan fingerprint density at radius 1 is 1.39 bits per heavy atom. The van der Waals surface area contributed by atoms with Gasteiger partial charge in [-0.1, -0.05) is 6.07 Å². The maximum atomic E-state index is 11.9. The first-order valence-corrected chi connectivity index (χ1v) is 5.91. The van der Waals surface area contributed by atoms with Gasteiger partial charge in [0.25, 0.3) is 0 Å². The first-order valence-electron chi connectivity index (χ1n) is 5.91. The fourth-order valence-corrected chi connectivity index (χ4v) is 1.60. The van der Waals surface area contributed by atoms with E-state index in [0.717, 1.165) is 5.56 Å². The van der Waals surface area contributed by atoms with Crippen molar-refractivity contribution in [1.82, 2.24) is 9.88 Å². The highest BCUT2D eigenvalue weighted by Gasteiger charge is 2.18. The highest BCUT2D eigenvalue weighted by molar-refractivity contribution is 5.80. The van der Waals surface area contributed by atoms with E-state index in [9.17, 15) is 9.59 Å². The molecular formula is C13H18N2O3. The summed E-state index contributed by atoms with van der Waals surface area (Å²) in [6.07, 6.45) is 3.29. The summed E-state index contributed by atoms with van der Waals surface area (Å²) in [4.78, 5) is 28.1. The summed E-state index contributed by atoms with van der Waals surface area (Å²) in [6, 6.07) is 3.74. The van der Waals surface area contributed by atoms with E-state index in [-0.39, 0.29) is 24.8 Å². The second-order valence-corrected chi connectivity index (χ2v) is 4.37.